The minimum absolute atomic E-state index is 0. The average Bonchev–Trinajstić information content (AvgIpc) is 2.70. The van der Waals surface area contributed by atoms with Crippen LogP contribution >= 0.6 is 0 Å². The van der Waals surface area contributed by atoms with Crippen LogP contribution in [0.3, 0.4) is 0 Å². The molecule has 0 aromatic carbocycles. The number of hydrogen-bond acceptors (Lipinski definition) is 8. The fraction of sp³-hybridized carbons (Fsp3) is 0.857. The first-order valence-corrected chi connectivity index (χ1v) is 13.1. The molecule has 0 saturated heterocycles. The molecule has 0 fully saturated rings. The van der Waals surface area contributed by atoms with Gasteiger partial charge in [-0.15, -0.1) is 11.5 Å². The molecule has 0 unspecified atom stereocenters. The Morgan fingerprint density at radius 2 is 0.649 bits per heavy atom. The van der Waals surface area contributed by atoms with Gasteiger partial charge in [0.05, 0.1) is 0 Å². The molecule has 0 aliphatic heterocycles. The van der Waals surface area contributed by atoms with Gasteiger partial charge in [0.25, 0.3) is 0 Å². The van der Waals surface area contributed by atoms with Gasteiger partial charge >= 0.3 is 45.5 Å². The van der Waals surface area contributed by atoms with E-state index in [2.05, 4.69) is 85.8 Å². The first-order valence-electron chi connectivity index (χ1n) is 13.1. The largest absolute Gasteiger partial charge is 2.00 e. The van der Waals surface area contributed by atoms with Crippen molar-refractivity contribution in [3.63, 3.8) is 0 Å². The average molecular weight is 600 g/mol. The minimum Gasteiger partial charge on any atom is -0.874 e. The molecule has 8 nitrogen and oxygen atoms in total. The van der Waals surface area contributed by atoms with E-state index in [1.54, 1.807) is 12.4 Å². The molecule has 0 heterocycles. The summed E-state index contributed by atoms with van der Waals surface area (Å²) in [5, 5.41) is 24.1. The Hall–Kier alpha value is 0.000519. The van der Waals surface area contributed by atoms with E-state index in [-0.39, 0.29) is 67.8 Å². The van der Waals surface area contributed by atoms with Crippen LogP contribution in [0.1, 0.15) is 41.5 Å². The maximum atomic E-state index is 12.0. The second kappa shape index (κ2) is 20.8. The van der Waals surface area contributed by atoms with Crippen molar-refractivity contribution in [2.75, 3.05) is 109 Å². The van der Waals surface area contributed by atoms with Crippen LogP contribution < -0.4 is 10.2 Å². The fourth-order valence-electron chi connectivity index (χ4n) is 2.51. The standard InChI is InChI=1S/2C14H31N3O.Sr/c2*1-14(2,3)13(18)12-17(10-8-15(4)5)11-9-16(6)7;/h2*12,18H,8-11H2,1-7H3;/q;;+2/p-2/b2*13-12-;. The molecule has 0 aliphatic carbocycles. The number of allylic oxidation sites excluding steroid dienone is 2. The van der Waals surface area contributed by atoms with Crippen LogP contribution in [0, 0.1) is 10.8 Å². The van der Waals surface area contributed by atoms with Crippen LogP contribution in [0.4, 0.5) is 0 Å². The second-order valence-corrected chi connectivity index (χ2v) is 12.8. The zero-order valence-corrected chi connectivity index (χ0v) is 30.5. The summed E-state index contributed by atoms with van der Waals surface area (Å²) < 4.78 is 0. The van der Waals surface area contributed by atoms with Gasteiger partial charge in [-0.3, -0.25) is 0 Å². The monoisotopic (exact) mass is 600 g/mol. The molecule has 0 aromatic heterocycles. The maximum absolute atomic E-state index is 12.0. The van der Waals surface area contributed by atoms with E-state index in [1.165, 1.54) is 0 Å². The zero-order chi connectivity index (χ0) is 28.7. The van der Waals surface area contributed by atoms with Crippen molar-refractivity contribution in [1.29, 1.82) is 0 Å². The van der Waals surface area contributed by atoms with Crippen LogP contribution in [-0.4, -0.2) is 184 Å². The van der Waals surface area contributed by atoms with Crippen molar-refractivity contribution >= 4 is 45.5 Å². The summed E-state index contributed by atoms with van der Waals surface area (Å²) in [6, 6.07) is 0. The summed E-state index contributed by atoms with van der Waals surface area (Å²) in [5.41, 5.74) is -0.594. The van der Waals surface area contributed by atoms with E-state index in [4.69, 9.17) is 0 Å². The minimum atomic E-state index is -0.297. The smallest absolute Gasteiger partial charge is 0.874 e. The Balaban J connectivity index is -0.000000608. The van der Waals surface area contributed by atoms with Crippen LogP contribution in [0.2, 0.25) is 0 Å². The topological polar surface area (TPSA) is 65.6 Å². The first kappa shape index (κ1) is 41.5. The number of rotatable bonds is 14. The van der Waals surface area contributed by atoms with Crippen LogP contribution in [0.25, 0.3) is 0 Å². The van der Waals surface area contributed by atoms with Gasteiger partial charge in [0, 0.05) is 52.4 Å². The van der Waals surface area contributed by atoms with E-state index in [0.717, 1.165) is 52.4 Å². The molecule has 0 spiro atoms. The molecule has 0 aliphatic rings. The molecule has 0 amide bonds. The van der Waals surface area contributed by atoms with Gasteiger partial charge in [0.1, 0.15) is 0 Å². The Bertz CT molecular complexity index is 545. The summed E-state index contributed by atoms with van der Waals surface area (Å²) in [7, 11) is 16.4. The van der Waals surface area contributed by atoms with E-state index < -0.39 is 0 Å². The molecular weight excluding hydrogens is 540 g/mol. The van der Waals surface area contributed by atoms with Gasteiger partial charge < -0.3 is 39.6 Å². The molecule has 216 valence electrons. The molecule has 0 saturated carbocycles. The maximum Gasteiger partial charge on any atom is 2.00 e. The quantitative estimate of drug-likeness (QED) is 0.216. The van der Waals surface area contributed by atoms with Crippen molar-refractivity contribution in [2.45, 2.75) is 41.5 Å². The summed E-state index contributed by atoms with van der Waals surface area (Å²) in [6.07, 6.45) is 3.57. The molecule has 37 heavy (non-hydrogen) atoms. The van der Waals surface area contributed by atoms with Crippen LogP contribution in [0.15, 0.2) is 23.9 Å². The van der Waals surface area contributed by atoms with Crippen molar-refractivity contribution in [2.24, 2.45) is 10.8 Å². The summed E-state index contributed by atoms with van der Waals surface area (Å²) in [6.45, 7) is 19.2. The van der Waals surface area contributed by atoms with E-state index >= 15 is 0 Å². The molecule has 0 aromatic rings. The predicted molar refractivity (Wildman–Crippen MR) is 158 cm³/mol. The fourth-order valence-corrected chi connectivity index (χ4v) is 2.51. The van der Waals surface area contributed by atoms with Gasteiger partial charge in [-0.2, -0.15) is 0 Å². The van der Waals surface area contributed by atoms with Crippen LogP contribution in [-0.2, 0) is 0 Å². The first-order chi connectivity index (χ1) is 16.2. The van der Waals surface area contributed by atoms with Gasteiger partial charge in [-0.25, -0.2) is 0 Å². The normalized spacial score (nSPS) is 13.1. The molecular formula is C28H60N6O2Sr. The Labute approximate surface area is 268 Å². The summed E-state index contributed by atoms with van der Waals surface area (Å²) >= 11 is 0. The van der Waals surface area contributed by atoms with Gasteiger partial charge in [-0.1, -0.05) is 41.5 Å². The Morgan fingerprint density at radius 3 is 0.784 bits per heavy atom. The molecule has 0 N–H and O–H groups in total. The van der Waals surface area contributed by atoms with Gasteiger partial charge in [0.2, 0.25) is 0 Å². The predicted octanol–water partition coefficient (Wildman–Crippen LogP) is 0.938. The van der Waals surface area contributed by atoms with E-state index in [9.17, 15) is 10.2 Å². The van der Waals surface area contributed by atoms with Crippen molar-refractivity contribution in [3.05, 3.63) is 23.9 Å². The third kappa shape index (κ3) is 26.0. The number of hydrogen-bond donors (Lipinski definition) is 0. The third-order valence-electron chi connectivity index (χ3n) is 5.42. The number of nitrogens with zero attached hydrogens (tertiary/aromatic N) is 6. The van der Waals surface area contributed by atoms with Crippen molar-refractivity contribution in [1.82, 2.24) is 29.4 Å². The van der Waals surface area contributed by atoms with Gasteiger partial charge in [0.15, 0.2) is 0 Å². The number of likely N-dealkylation sites (N-methyl/N-ethyl adjacent to an activating group) is 4. The summed E-state index contributed by atoms with van der Waals surface area (Å²) in [5.74, 6) is 0.389. The van der Waals surface area contributed by atoms with Crippen LogP contribution in [0.5, 0.6) is 0 Å². The van der Waals surface area contributed by atoms with Gasteiger partial charge in [-0.05, 0) is 79.6 Å². The van der Waals surface area contributed by atoms with E-state index in [0.29, 0.717) is 0 Å². The van der Waals surface area contributed by atoms with Crippen molar-refractivity contribution < 1.29 is 10.2 Å². The molecule has 0 rings (SSSR count). The molecule has 0 atom stereocenters. The third-order valence-corrected chi connectivity index (χ3v) is 5.42. The van der Waals surface area contributed by atoms with Crippen molar-refractivity contribution in [3.8, 4) is 0 Å². The molecule has 0 bridgehead atoms. The second-order valence-electron chi connectivity index (χ2n) is 12.8. The Morgan fingerprint density at radius 1 is 0.459 bits per heavy atom. The van der Waals surface area contributed by atoms with E-state index in [1.807, 2.05) is 41.5 Å². The molecule has 0 radical (unpaired) electrons. The summed E-state index contributed by atoms with van der Waals surface area (Å²) in [4.78, 5) is 12.8. The Kier molecular flexibility index (Phi) is 23.4. The SMILES string of the molecule is CN(C)CCN(/C=C(\[O-])C(C)(C)C)CCN(C)C.CN(C)CCN(/C=C(\[O-])C(C)(C)C)CCN(C)C.[Sr+2]. The molecule has 9 heteroatoms. The zero-order valence-electron chi connectivity index (χ0n) is 27.0.